The van der Waals surface area contributed by atoms with Crippen LogP contribution in [0.5, 0.6) is 0 Å². The Hall–Kier alpha value is -1.56. The number of halogens is 2. The first-order valence-electron chi connectivity index (χ1n) is 7.03. The van der Waals surface area contributed by atoms with Crippen LogP contribution in [0.4, 0.5) is 0 Å². The summed E-state index contributed by atoms with van der Waals surface area (Å²) in [7, 11) is 0. The summed E-state index contributed by atoms with van der Waals surface area (Å²) >= 11 is 13.4. The standard InChI is InChI=1S/C16H13Cl2N3OS/c1-2-10-3-5-11(6-4-10)14(22)9-23-16-20-19-15-13(18)7-12(17)8-21(15)16/h3-8H,2,9H2,1H3. The highest BCUT2D eigenvalue weighted by Gasteiger charge is 2.13. The molecule has 7 heteroatoms. The fraction of sp³-hybridized carbons (Fsp3) is 0.188. The van der Waals surface area contributed by atoms with E-state index in [1.807, 2.05) is 24.3 Å². The quantitative estimate of drug-likeness (QED) is 0.490. The fourth-order valence-corrected chi connectivity index (χ4v) is 3.45. The number of aryl methyl sites for hydroxylation is 1. The van der Waals surface area contributed by atoms with E-state index in [9.17, 15) is 4.79 Å². The molecule has 1 aromatic carbocycles. The first kappa shape index (κ1) is 16.3. The number of aromatic nitrogens is 3. The van der Waals surface area contributed by atoms with Crippen molar-refractivity contribution in [3.8, 4) is 0 Å². The van der Waals surface area contributed by atoms with Crippen molar-refractivity contribution in [3.63, 3.8) is 0 Å². The highest BCUT2D eigenvalue weighted by molar-refractivity contribution is 7.99. The van der Waals surface area contributed by atoms with Crippen LogP contribution in [-0.2, 0) is 6.42 Å². The number of hydrogen-bond acceptors (Lipinski definition) is 4. The molecule has 4 nitrogen and oxygen atoms in total. The largest absolute Gasteiger partial charge is 0.293 e. The number of Topliss-reactive ketones (excluding diaryl/α,β-unsaturated/α-hetero) is 1. The SMILES string of the molecule is CCc1ccc(C(=O)CSc2nnc3c(Cl)cc(Cl)cn23)cc1. The molecule has 23 heavy (non-hydrogen) atoms. The zero-order chi connectivity index (χ0) is 16.4. The van der Waals surface area contributed by atoms with E-state index in [-0.39, 0.29) is 11.5 Å². The Balaban J connectivity index is 1.76. The molecule has 0 fully saturated rings. The van der Waals surface area contributed by atoms with Crippen LogP contribution in [0.3, 0.4) is 0 Å². The van der Waals surface area contributed by atoms with Crippen LogP contribution in [0.1, 0.15) is 22.8 Å². The Morgan fingerprint density at radius 2 is 1.96 bits per heavy atom. The van der Waals surface area contributed by atoms with Gasteiger partial charge in [0.1, 0.15) is 0 Å². The number of hydrogen-bond donors (Lipinski definition) is 0. The van der Waals surface area contributed by atoms with Crippen molar-refractivity contribution >= 4 is 46.4 Å². The summed E-state index contributed by atoms with van der Waals surface area (Å²) in [4.78, 5) is 12.3. The Morgan fingerprint density at radius 1 is 1.22 bits per heavy atom. The van der Waals surface area contributed by atoms with Gasteiger partial charge in [-0.2, -0.15) is 0 Å². The minimum absolute atomic E-state index is 0.0440. The molecule has 0 N–H and O–H groups in total. The molecular formula is C16H13Cl2N3OS. The number of nitrogens with zero attached hydrogens (tertiary/aromatic N) is 3. The van der Waals surface area contributed by atoms with E-state index in [1.165, 1.54) is 17.3 Å². The predicted molar refractivity (Wildman–Crippen MR) is 93.9 cm³/mol. The molecule has 2 aromatic heterocycles. The summed E-state index contributed by atoms with van der Waals surface area (Å²) < 4.78 is 1.70. The second-order valence-electron chi connectivity index (χ2n) is 4.94. The van der Waals surface area contributed by atoms with Gasteiger partial charge in [-0.3, -0.25) is 9.20 Å². The summed E-state index contributed by atoms with van der Waals surface area (Å²) in [5, 5.41) is 9.60. The van der Waals surface area contributed by atoms with Crippen molar-refractivity contribution in [1.82, 2.24) is 14.6 Å². The first-order valence-corrected chi connectivity index (χ1v) is 8.77. The van der Waals surface area contributed by atoms with E-state index in [4.69, 9.17) is 23.2 Å². The second kappa shape index (κ2) is 6.91. The number of fused-ring (bicyclic) bond motifs is 1. The Bertz CT molecular complexity index is 862. The number of rotatable bonds is 5. The molecule has 3 aromatic rings. The van der Waals surface area contributed by atoms with Crippen LogP contribution >= 0.6 is 35.0 Å². The first-order chi connectivity index (χ1) is 11.1. The van der Waals surface area contributed by atoms with Gasteiger partial charge < -0.3 is 0 Å². The Kier molecular flexibility index (Phi) is 4.90. The van der Waals surface area contributed by atoms with Crippen molar-refractivity contribution < 1.29 is 4.79 Å². The molecule has 0 aliphatic heterocycles. The molecule has 0 saturated carbocycles. The van der Waals surface area contributed by atoms with Gasteiger partial charge in [0.15, 0.2) is 16.6 Å². The van der Waals surface area contributed by atoms with E-state index in [2.05, 4.69) is 17.1 Å². The van der Waals surface area contributed by atoms with Gasteiger partial charge in [0, 0.05) is 11.8 Å². The van der Waals surface area contributed by atoms with Crippen LogP contribution in [0.25, 0.3) is 5.65 Å². The number of thioether (sulfide) groups is 1. The van der Waals surface area contributed by atoms with E-state index in [1.54, 1.807) is 16.7 Å². The van der Waals surface area contributed by atoms with E-state index in [0.29, 0.717) is 26.4 Å². The van der Waals surface area contributed by atoms with Gasteiger partial charge in [0.05, 0.1) is 15.8 Å². The molecule has 0 saturated heterocycles. The van der Waals surface area contributed by atoms with Crippen LogP contribution in [-0.4, -0.2) is 26.1 Å². The molecule has 0 radical (unpaired) electrons. The minimum Gasteiger partial charge on any atom is -0.293 e. The van der Waals surface area contributed by atoms with Gasteiger partial charge in [-0.1, -0.05) is 66.2 Å². The zero-order valence-electron chi connectivity index (χ0n) is 12.3. The molecule has 0 unspecified atom stereocenters. The molecule has 0 amide bonds. The van der Waals surface area contributed by atoms with E-state index in [0.717, 1.165) is 6.42 Å². The van der Waals surface area contributed by atoms with Gasteiger partial charge in [0.25, 0.3) is 0 Å². The summed E-state index contributed by atoms with van der Waals surface area (Å²) in [6, 6.07) is 9.28. The molecule has 0 spiro atoms. The number of pyridine rings is 1. The van der Waals surface area contributed by atoms with Crippen molar-refractivity contribution in [3.05, 3.63) is 57.7 Å². The maximum absolute atomic E-state index is 12.3. The molecule has 118 valence electrons. The summed E-state index contributed by atoms with van der Waals surface area (Å²) in [5.41, 5.74) is 2.43. The predicted octanol–water partition coefficient (Wildman–Crippen LogP) is 4.57. The number of benzene rings is 1. The monoisotopic (exact) mass is 365 g/mol. The van der Waals surface area contributed by atoms with Crippen molar-refractivity contribution in [2.45, 2.75) is 18.5 Å². The van der Waals surface area contributed by atoms with Gasteiger partial charge in [-0.05, 0) is 18.1 Å². The number of carbonyl (C=O) groups is 1. The smallest absolute Gasteiger partial charge is 0.196 e. The van der Waals surface area contributed by atoms with Crippen LogP contribution in [0.15, 0.2) is 41.7 Å². The molecule has 0 aliphatic carbocycles. The normalized spacial score (nSPS) is 11.1. The van der Waals surface area contributed by atoms with Crippen molar-refractivity contribution in [1.29, 1.82) is 0 Å². The Morgan fingerprint density at radius 3 is 2.65 bits per heavy atom. The highest BCUT2D eigenvalue weighted by Crippen LogP contribution is 2.25. The number of ketones is 1. The van der Waals surface area contributed by atoms with E-state index >= 15 is 0 Å². The second-order valence-corrected chi connectivity index (χ2v) is 6.73. The molecule has 0 atom stereocenters. The average molecular weight is 366 g/mol. The van der Waals surface area contributed by atoms with Crippen LogP contribution in [0, 0.1) is 0 Å². The van der Waals surface area contributed by atoms with Crippen LogP contribution < -0.4 is 0 Å². The van der Waals surface area contributed by atoms with Gasteiger partial charge in [-0.15, -0.1) is 10.2 Å². The summed E-state index contributed by atoms with van der Waals surface area (Å²) in [6.45, 7) is 2.08. The zero-order valence-corrected chi connectivity index (χ0v) is 14.6. The highest BCUT2D eigenvalue weighted by atomic mass is 35.5. The maximum Gasteiger partial charge on any atom is 0.196 e. The van der Waals surface area contributed by atoms with Gasteiger partial charge >= 0.3 is 0 Å². The fourth-order valence-electron chi connectivity index (χ4n) is 2.14. The topological polar surface area (TPSA) is 47.3 Å². The van der Waals surface area contributed by atoms with Gasteiger partial charge in [0.2, 0.25) is 0 Å². The third kappa shape index (κ3) is 3.52. The van der Waals surface area contributed by atoms with Crippen molar-refractivity contribution in [2.24, 2.45) is 0 Å². The van der Waals surface area contributed by atoms with Gasteiger partial charge in [-0.25, -0.2) is 0 Å². The third-order valence-electron chi connectivity index (χ3n) is 3.41. The number of carbonyl (C=O) groups excluding carboxylic acids is 1. The summed E-state index contributed by atoms with van der Waals surface area (Å²) in [5.74, 6) is 0.318. The third-order valence-corrected chi connectivity index (χ3v) is 4.84. The molecule has 0 bridgehead atoms. The lowest BCUT2D eigenvalue weighted by Gasteiger charge is -2.03. The maximum atomic E-state index is 12.3. The van der Waals surface area contributed by atoms with Crippen LogP contribution in [0.2, 0.25) is 10.0 Å². The molecule has 3 rings (SSSR count). The van der Waals surface area contributed by atoms with Crippen molar-refractivity contribution in [2.75, 3.05) is 5.75 Å². The minimum atomic E-state index is 0.0440. The molecule has 2 heterocycles. The Labute approximate surface area is 147 Å². The lowest BCUT2D eigenvalue weighted by Crippen LogP contribution is -2.03. The molecule has 0 aliphatic rings. The lowest BCUT2D eigenvalue weighted by atomic mass is 10.1. The lowest BCUT2D eigenvalue weighted by molar-refractivity contribution is 0.102. The molecular weight excluding hydrogens is 353 g/mol. The average Bonchev–Trinajstić information content (AvgIpc) is 2.96. The summed E-state index contributed by atoms with van der Waals surface area (Å²) in [6.07, 6.45) is 2.64. The van der Waals surface area contributed by atoms with E-state index < -0.39 is 0 Å².